The summed E-state index contributed by atoms with van der Waals surface area (Å²) in [7, 11) is 0. The van der Waals surface area contributed by atoms with Gasteiger partial charge < -0.3 is 14.4 Å². The van der Waals surface area contributed by atoms with E-state index >= 15 is 0 Å². The van der Waals surface area contributed by atoms with Gasteiger partial charge in [-0.2, -0.15) is 0 Å². The monoisotopic (exact) mass is 764 g/mol. The van der Waals surface area contributed by atoms with Crippen LogP contribution in [0.3, 0.4) is 0 Å². The third-order valence-electron chi connectivity index (χ3n) is 12.6. The predicted molar refractivity (Wildman–Crippen MR) is 248 cm³/mol. The Labute approximate surface area is 343 Å². The fourth-order valence-corrected chi connectivity index (χ4v) is 10.4. The first-order chi connectivity index (χ1) is 26.8. The minimum Gasteiger partial charge on any atom is -0.453 e. The molecular weight excluding hydrogens is 711 g/mol. The normalized spacial score (nSPS) is 14.7. The Morgan fingerprint density at radius 3 is 1.79 bits per heavy atom. The summed E-state index contributed by atoms with van der Waals surface area (Å²) in [6.45, 7) is 27.8. The quantitative estimate of drug-likeness (QED) is 0.155. The number of nitrogens with zero attached hydrogens (tertiary/aromatic N) is 2. The highest BCUT2D eigenvalue weighted by Gasteiger charge is 2.49. The van der Waals surface area contributed by atoms with E-state index in [2.05, 4.69) is 196 Å². The standard InChI is InChI=1S/C52H53BN2OS/c1-49(2,3)30-17-20-34(21-18-30)54-40-25-31(50(4,5)6)19-22-39(40)53-47-37(23-32(26-42(47)54)51(7,8)9)38-24-33(52(10,11)12)27-44-48(38)55(53)41-28-36-35-15-13-14-16-45(35)57-46(36)29-43(41)56-44/h13-29H,1-12H3. The van der Waals surface area contributed by atoms with Gasteiger partial charge in [-0.05, 0) is 109 Å². The zero-order chi connectivity index (χ0) is 40.1. The van der Waals surface area contributed by atoms with Gasteiger partial charge in [0.25, 0.3) is 0 Å². The summed E-state index contributed by atoms with van der Waals surface area (Å²) in [5, 5.41) is 2.58. The largest absolute Gasteiger partial charge is 0.453 e. The Bertz CT molecular complexity index is 2820. The summed E-state index contributed by atoms with van der Waals surface area (Å²) in [4.78, 5) is 5.23. The zero-order valence-corrected chi connectivity index (χ0v) is 36.4. The summed E-state index contributed by atoms with van der Waals surface area (Å²) < 4.78 is 9.71. The van der Waals surface area contributed by atoms with Crippen LogP contribution in [0.2, 0.25) is 0 Å². The molecule has 0 saturated heterocycles. The molecule has 3 aliphatic heterocycles. The lowest BCUT2D eigenvalue weighted by molar-refractivity contribution is 0.475. The first kappa shape index (κ1) is 36.4. The van der Waals surface area contributed by atoms with Crippen molar-refractivity contribution < 1.29 is 4.74 Å². The van der Waals surface area contributed by atoms with Crippen LogP contribution in [0.4, 0.5) is 28.4 Å². The average Bonchev–Trinajstić information content (AvgIpc) is 3.50. The molecule has 0 radical (unpaired) electrons. The Kier molecular flexibility index (Phi) is 7.52. The molecule has 0 aliphatic carbocycles. The molecule has 1 aromatic heterocycles. The van der Waals surface area contributed by atoms with Crippen LogP contribution in [-0.2, 0) is 21.7 Å². The molecule has 3 aliphatic rings. The maximum Gasteiger partial charge on any atom is 0.333 e. The van der Waals surface area contributed by atoms with E-state index in [4.69, 9.17) is 4.74 Å². The van der Waals surface area contributed by atoms with Gasteiger partial charge in [0.15, 0.2) is 11.5 Å². The van der Waals surface area contributed by atoms with Gasteiger partial charge in [0.05, 0.1) is 11.4 Å². The molecule has 7 aromatic rings. The van der Waals surface area contributed by atoms with Gasteiger partial charge in [-0.15, -0.1) is 11.3 Å². The lowest BCUT2D eigenvalue weighted by Crippen LogP contribution is -2.62. The van der Waals surface area contributed by atoms with E-state index < -0.39 is 0 Å². The van der Waals surface area contributed by atoms with Crippen LogP contribution in [0.15, 0.2) is 103 Å². The molecule has 0 fully saturated rings. The molecule has 0 amide bonds. The highest BCUT2D eigenvalue weighted by atomic mass is 32.1. The van der Waals surface area contributed by atoms with Crippen LogP contribution in [0.5, 0.6) is 11.5 Å². The number of hydrogen-bond acceptors (Lipinski definition) is 4. The van der Waals surface area contributed by atoms with Gasteiger partial charge in [0.1, 0.15) is 0 Å². The van der Waals surface area contributed by atoms with Crippen molar-refractivity contribution >= 4 is 77.7 Å². The molecule has 286 valence electrons. The molecule has 0 unspecified atom stereocenters. The molecule has 5 heteroatoms. The highest BCUT2D eigenvalue weighted by molar-refractivity contribution is 7.25. The van der Waals surface area contributed by atoms with E-state index in [1.54, 1.807) is 0 Å². The minimum atomic E-state index is -0.0795. The SMILES string of the molecule is CC(C)(C)c1ccc(N2c3cc(C(C)(C)C)ccc3B3c4c(cc(C(C)(C)C)cc42)-c2cc(C(C)(C)C)cc4c2N3c2cc3c(cc2O4)sc2ccccc23)cc1. The first-order valence-corrected chi connectivity index (χ1v) is 21.4. The van der Waals surface area contributed by atoms with Crippen molar-refractivity contribution in [3.63, 3.8) is 0 Å². The highest BCUT2D eigenvalue weighted by Crippen LogP contribution is 2.58. The number of ether oxygens (including phenoxy) is 1. The molecule has 0 atom stereocenters. The van der Waals surface area contributed by atoms with Gasteiger partial charge in [-0.3, -0.25) is 0 Å². The van der Waals surface area contributed by atoms with Crippen LogP contribution in [0.25, 0.3) is 31.3 Å². The Balaban J connectivity index is 1.35. The summed E-state index contributed by atoms with van der Waals surface area (Å²) in [5.74, 6) is 1.86. The van der Waals surface area contributed by atoms with E-state index in [0.717, 1.165) is 22.9 Å². The van der Waals surface area contributed by atoms with Crippen molar-refractivity contribution in [3.05, 3.63) is 125 Å². The second-order valence-electron chi connectivity index (χ2n) is 20.8. The van der Waals surface area contributed by atoms with Gasteiger partial charge in [0.2, 0.25) is 0 Å². The lowest BCUT2D eigenvalue weighted by atomic mass is 9.43. The van der Waals surface area contributed by atoms with Crippen molar-refractivity contribution in [1.82, 2.24) is 0 Å². The number of anilines is 5. The summed E-state index contributed by atoms with van der Waals surface area (Å²) >= 11 is 1.85. The van der Waals surface area contributed by atoms with Crippen molar-refractivity contribution in [2.45, 2.75) is 105 Å². The van der Waals surface area contributed by atoms with Gasteiger partial charge in [0, 0.05) is 48.9 Å². The van der Waals surface area contributed by atoms with Gasteiger partial charge >= 0.3 is 6.85 Å². The molecule has 0 spiro atoms. The third kappa shape index (κ3) is 5.52. The smallest absolute Gasteiger partial charge is 0.333 e. The molecule has 0 bridgehead atoms. The van der Waals surface area contributed by atoms with Crippen LogP contribution in [0, 0.1) is 0 Å². The van der Waals surface area contributed by atoms with Gasteiger partial charge in [-0.25, -0.2) is 0 Å². The molecule has 57 heavy (non-hydrogen) atoms. The first-order valence-electron chi connectivity index (χ1n) is 20.6. The average molecular weight is 765 g/mol. The fraction of sp³-hybridized carbons (Fsp3) is 0.308. The maximum absolute atomic E-state index is 7.15. The van der Waals surface area contributed by atoms with Crippen LogP contribution < -0.4 is 25.4 Å². The second-order valence-corrected chi connectivity index (χ2v) is 21.9. The zero-order valence-electron chi connectivity index (χ0n) is 35.6. The van der Waals surface area contributed by atoms with Gasteiger partial charge in [-0.1, -0.05) is 132 Å². The number of hydrogen-bond donors (Lipinski definition) is 0. The Morgan fingerprint density at radius 2 is 1.11 bits per heavy atom. The summed E-state index contributed by atoms with van der Waals surface area (Å²) in [5.41, 5.74) is 16.3. The van der Waals surface area contributed by atoms with Crippen molar-refractivity contribution in [2.75, 3.05) is 9.71 Å². The van der Waals surface area contributed by atoms with E-state index in [1.807, 2.05) is 11.3 Å². The molecule has 10 rings (SSSR count). The maximum atomic E-state index is 7.15. The fourth-order valence-electron chi connectivity index (χ4n) is 9.23. The summed E-state index contributed by atoms with van der Waals surface area (Å²) in [6.07, 6.45) is 0. The number of fused-ring (bicyclic) bond motifs is 9. The topological polar surface area (TPSA) is 15.7 Å². The molecule has 0 saturated carbocycles. The number of benzene rings is 6. The van der Waals surface area contributed by atoms with Crippen LogP contribution in [-0.4, -0.2) is 6.85 Å². The van der Waals surface area contributed by atoms with E-state index in [0.29, 0.717) is 0 Å². The van der Waals surface area contributed by atoms with Crippen LogP contribution in [0.1, 0.15) is 105 Å². The van der Waals surface area contributed by atoms with Crippen molar-refractivity contribution in [2.24, 2.45) is 0 Å². The predicted octanol–water partition coefficient (Wildman–Crippen LogP) is 14.1. The second kappa shape index (κ2) is 11.8. The number of rotatable bonds is 1. The van der Waals surface area contributed by atoms with Crippen molar-refractivity contribution in [3.8, 4) is 22.6 Å². The van der Waals surface area contributed by atoms with E-state index in [1.165, 1.54) is 81.5 Å². The van der Waals surface area contributed by atoms with E-state index in [-0.39, 0.29) is 28.5 Å². The van der Waals surface area contributed by atoms with Crippen LogP contribution >= 0.6 is 11.3 Å². The minimum absolute atomic E-state index is 0.0254. The Morgan fingerprint density at radius 1 is 0.491 bits per heavy atom. The molecule has 6 aromatic carbocycles. The van der Waals surface area contributed by atoms with Crippen molar-refractivity contribution in [1.29, 1.82) is 0 Å². The number of thiophene rings is 1. The van der Waals surface area contributed by atoms with E-state index in [9.17, 15) is 0 Å². The molecule has 0 N–H and O–H groups in total. The molecule has 3 nitrogen and oxygen atoms in total. The Hall–Kier alpha value is -5.00. The summed E-state index contributed by atoms with van der Waals surface area (Å²) in [6, 6.07) is 40.0. The molecular formula is C52H53BN2OS. The lowest BCUT2D eigenvalue weighted by Gasteiger charge is -2.48. The third-order valence-corrected chi connectivity index (χ3v) is 13.8. The molecule has 4 heterocycles.